The summed E-state index contributed by atoms with van der Waals surface area (Å²) in [5.41, 5.74) is 4.23. The molecule has 2 N–H and O–H groups in total. The van der Waals surface area contributed by atoms with E-state index in [0.717, 1.165) is 6.07 Å². The van der Waals surface area contributed by atoms with Gasteiger partial charge in [0.2, 0.25) is 0 Å². The van der Waals surface area contributed by atoms with Gasteiger partial charge in [-0.3, -0.25) is 10.1 Å². The van der Waals surface area contributed by atoms with Crippen molar-refractivity contribution in [1.82, 2.24) is 0 Å². The van der Waals surface area contributed by atoms with Crippen molar-refractivity contribution in [2.75, 3.05) is 12.3 Å². The molecule has 0 saturated heterocycles. The molecule has 0 aromatic heterocycles. The van der Waals surface area contributed by atoms with E-state index in [-0.39, 0.29) is 5.69 Å². The number of nitro groups is 1. The van der Waals surface area contributed by atoms with Crippen LogP contribution in [0.2, 0.25) is 0 Å². The molecular weight excluding hydrogens is 229 g/mol. The summed E-state index contributed by atoms with van der Waals surface area (Å²) in [5, 5.41) is 10.3. The molecule has 0 radical (unpaired) electrons. The number of anilines is 1. The molecule has 0 fully saturated rings. The van der Waals surface area contributed by atoms with E-state index in [0.29, 0.717) is 6.07 Å². The van der Waals surface area contributed by atoms with Gasteiger partial charge in [0.25, 0.3) is 12.1 Å². The van der Waals surface area contributed by atoms with Crippen molar-refractivity contribution in [3.05, 3.63) is 28.1 Å². The van der Waals surface area contributed by atoms with Gasteiger partial charge in [-0.15, -0.1) is 0 Å². The van der Waals surface area contributed by atoms with Crippen LogP contribution in [0.25, 0.3) is 0 Å². The largest absolute Gasteiger partial charge is 0.484 e. The van der Waals surface area contributed by atoms with E-state index in [9.17, 15) is 23.3 Å². The molecule has 1 aromatic rings. The highest BCUT2D eigenvalue weighted by atomic mass is 19.3. The zero-order valence-corrected chi connectivity index (χ0v) is 7.82. The fourth-order valence-corrected chi connectivity index (χ4v) is 0.980. The number of nitro benzene ring substituents is 1. The number of alkyl halides is 2. The Bertz CT molecular complexity index is 412. The minimum Gasteiger partial charge on any atom is -0.484 e. The van der Waals surface area contributed by atoms with Crippen LogP contribution < -0.4 is 10.5 Å². The summed E-state index contributed by atoms with van der Waals surface area (Å²) in [5.74, 6) is -1.65. The Morgan fingerprint density at radius 1 is 1.50 bits per heavy atom. The van der Waals surface area contributed by atoms with Gasteiger partial charge in [0.1, 0.15) is 12.3 Å². The number of hydrogen-bond donors (Lipinski definition) is 1. The summed E-state index contributed by atoms with van der Waals surface area (Å²) in [6.07, 6.45) is -2.77. The number of rotatable bonds is 4. The van der Waals surface area contributed by atoms with Crippen molar-refractivity contribution in [3.8, 4) is 5.75 Å². The van der Waals surface area contributed by atoms with Crippen LogP contribution in [0.1, 0.15) is 0 Å². The molecule has 5 nitrogen and oxygen atoms in total. The van der Waals surface area contributed by atoms with Crippen LogP contribution >= 0.6 is 0 Å². The lowest BCUT2D eigenvalue weighted by Crippen LogP contribution is -2.08. The van der Waals surface area contributed by atoms with E-state index in [1.54, 1.807) is 0 Å². The van der Waals surface area contributed by atoms with Crippen LogP contribution in [-0.4, -0.2) is 18.0 Å². The van der Waals surface area contributed by atoms with Crippen LogP contribution in [0.5, 0.6) is 5.75 Å². The third-order valence-electron chi connectivity index (χ3n) is 1.64. The molecule has 0 bridgehead atoms. The minimum absolute atomic E-state index is 0.351. The van der Waals surface area contributed by atoms with Gasteiger partial charge in [0, 0.05) is 6.07 Å². The molecule has 0 heterocycles. The normalized spacial score (nSPS) is 10.5. The zero-order valence-electron chi connectivity index (χ0n) is 7.82. The quantitative estimate of drug-likeness (QED) is 0.492. The Kier molecular flexibility index (Phi) is 3.54. The maximum absolute atomic E-state index is 13.1. The first kappa shape index (κ1) is 12.1. The Labute approximate surface area is 87.8 Å². The summed E-state index contributed by atoms with van der Waals surface area (Å²) in [6.45, 7) is -1.01. The number of nitrogen functional groups attached to an aromatic ring is 1. The molecule has 0 saturated carbocycles. The van der Waals surface area contributed by atoms with Crippen molar-refractivity contribution >= 4 is 11.4 Å². The number of nitrogens with two attached hydrogens (primary N) is 1. The number of nitrogens with zero attached hydrogens (tertiary/aromatic N) is 1. The predicted molar refractivity (Wildman–Crippen MR) is 49.0 cm³/mol. The van der Waals surface area contributed by atoms with Gasteiger partial charge < -0.3 is 10.5 Å². The van der Waals surface area contributed by atoms with E-state index in [1.165, 1.54) is 0 Å². The molecular formula is C8H7F3N2O3. The molecule has 0 unspecified atom stereocenters. The standard InChI is InChI=1S/C8H7F3N2O3/c9-4-1-6(13(14)15)5(12)2-7(4)16-3-8(10)11/h1-2,8H,3,12H2. The van der Waals surface area contributed by atoms with Crippen LogP contribution in [0.15, 0.2) is 12.1 Å². The SMILES string of the molecule is Nc1cc(OCC(F)F)c(F)cc1[N+](=O)[O-]. The lowest BCUT2D eigenvalue weighted by atomic mass is 10.2. The molecule has 88 valence electrons. The van der Waals surface area contributed by atoms with Crippen molar-refractivity contribution in [1.29, 1.82) is 0 Å². The second kappa shape index (κ2) is 4.69. The van der Waals surface area contributed by atoms with Crippen LogP contribution in [0, 0.1) is 15.9 Å². The highest BCUT2D eigenvalue weighted by molar-refractivity contribution is 5.61. The molecule has 1 aromatic carbocycles. The van der Waals surface area contributed by atoms with Gasteiger partial charge in [-0.2, -0.15) is 0 Å². The van der Waals surface area contributed by atoms with E-state index in [1.807, 2.05) is 0 Å². The molecule has 16 heavy (non-hydrogen) atoms. The predicted octanol–water partition coefficient (Wildman–Crippen LogP) is 1.96. The minimum atomic E-state index is -2.77. The highest BCUT2D eigenvalue weighted by Gasteiger charge is 2.17. The molecule has 1 rings (SSSR count). The Balaban J connectivity index is 2.96. The van der Waals surface area contributed by atoms with Crippen molar-refractivity contribution < 1.29 is 22.8 Å². The fourth-order valence-electron chi connectivity index (χ4n) is 0.980. The smallest absolute Gasteiger partial charge is 0.295 e. The first-order valence-electron chi connectivity index (χ1n) is 4.06. The van der Waals surface area contributed by atoms with Crippen LogP contribution in [0.4, 0.5) is 24.5 Å². The number of halogens is 3. The van der Waals surface area contributed by atoms with Gasteiger partial charge in [-0.1, -0.05) is 0 Å². The lowest BCUT2D eigenvalue weighted by molar-refractivity contribution is -0.384. The summed E-state index contributed by atoms with van der Waals surface area (Å²) >= 11 is 0. The second-order valence-electron chi connectivity index (χ2n) is 2.80. The number of hydrogen-bond acceptors (Lipinski definition) is 4. The number of ether oxygens (including phenoxy) is 1. The summed E-state index contributed by atoms with van der Waals surface area (Å²) in [4.78, 5) is 9.47. The monoisotopic (exact) mass is 236 g/mol. The van der Waals surface area contributed by atoms with Crippen LogP contribution in [0.3, 0.4) is 0 Å². The topological polar surface area (TPSA) is 78.4 Å². The fraction of sp³-hybridized carbons (Fsp3) is 0.250. The zero-order chi connectivity index (χ0) is 12.3. The highest BCUT2D eigenvalue weighted by Crippen LogP contribution is 2.29. The van der Waals surface area contributed by atoms with E-state index < -0.39 is 35.2 Å². The molecule has 0 atom stereocenters. The number of benzene rings is 1. The summed E-state index contributed by atoms with van der Waals surface area (Å²) in [6, 6.07) is 1.33. The van der Waals surface area contributed by atoms with Crippen molar-refractivity contribution in [3.63, 3.8) is 0 Å². The Morgan fingerprint density at radius 3 is 2.62 bits per heavy atom. The van der Waals surface area contributed by atoms with Gasteiger partial charge in [-0.05, 0) is 0 Å². The maximum atomic E-state index is 13.1. The molecule has 0 aliphatic carbocycles. The van der Waals surface area contributed by atoms with Crippen molar-refractivity contribution in [2.45, 2.75) is 6.43 Å². The van der Waals surface area contributed by atoms with Crippen molar-refractivity contribution in [2.24, 2.45) is 0 Å². The van der Waals surface area contributed by atoms with E-state index >= 15 is 0 Å². The van der Waals surface area contributed by atoms with E-state index in [4.69, 9.17) is 5.73 Å². The van der Waals surface area contributed by atoms with Crippen LogP contribution in [-0.2, 0) is 0 Å². The molecule has 0 amide bonds. The first-order valence-corrected chi connectivity index (χ1v) is 4.06. The molecule has 0 spiro atoms. The first-order chi connectivity index (χ1) is 7.41. The summed E-state index contributed by atoms with van der Waals surface area (Å²) < 4.78 is 41.0. The average Bonchev–Trinajstić information content (AvgIpc) is 2.18. The third kappa shape index (κ3) is 2.75. The average molecular weight is 236 g/mol. The summed E-state index contributed by atoms with van der Waals surface area (Å²) in [7, 11) is 0. The Morgan fingerprint density at radius 2 is 2.12 bits per heavy atom. The second-order valence-corrected chi connectivity index (χ2v) is 2.80. The Hall–Kier alpha value is -1.99. The van der Waals surface area contributed by atoms with E-state index in [2.05, 4.69) is 4.74 Å². The maximum Gasteiger partial charge on any atom is 0.295 e. The molecule has 0 aliphatic heterocycles. The van der Waals surface area contributed by atoms with Gasteiger partial charge in [0.15, 0.2) is 11.6 Å². The van der Waals surface area contributed by atoms with Gasteiger partial charge in [0.05, 0.1) is 11.0 Å². The third-order valence-corrected chi connectivity index (χ3v) is 1.64. The van der Waals surface area contributed by atoms with Gasteiger partial charge in [-0.25, -0.2) is 13.2 Å². The van der Waals surface area contributed by atoms with Gasteiger partial charge >= 0.3 is 0 Å². The molecule has 0 aliphatic rings. The lowest BCUT2D eigenvalue weighted by Gasteiger charge is -2.07. The molecule has 8 heteroatoms.